The Kier molecular flexibility index (Phi) is 28.7. The van der Waals surface area contributed by atoms with E-state index in [-0.39, 0.29) is 38.0 Å². The van der Waals surface area contributed by atoms with Gasteiger partial charge >= 0.3 is 11.9 Å². The molecule has 2 bridgehead atoms. The van der Waals surface area contributed by atoms with Crippen LogP contribution in [0.3, 0.4) is 0 Å². The number of hydrogen-bond donors (Lipinski definition) is 13. The largest absolute Gasteiger partial charge is 0.481 e. The molecule has 0 aliphatic carbocycles. The molecular formula is C53H87N3O17. The number of ether oxygens (including phenoxy) is 4. The number of aliphatic carboxylic acids is 1. The van der Waals surface area contributed by atoms with Crippen molar-refractivity contribution in [2.24, 2.45) is 29.2 Å². The molecule has 15 N–H and O–H groups in total. The van der Waals surface area contributed by atoms with Crippen molar-refractivity contribution in [2.75, 3.05) is 26.2 Å². The smallest absolute Gasteiger partial charge is 0.311 e. The fourth-order valence-corrected chi connectivity index (χ4v) is 9.33. The third-order valence-corrected chi connectivity index (χ3v) is 13.7. The van der Waals surface area contributed by atoms with E-state index in [1.54, 1.807) is 75.5 Å². The van der Waals surface area contributed by atoms with E-state index in [1.165, 1.54) is 0 Å². The highest BCUT2D eigenvalue weighted by molar-refractivity contribution is 5.71. The lowest BCUT2D eigenvalue weighted by molar-refractivity contribution is -0.313. The second-order valence-corrected chi connectivity index (χ2v) is 19.8. The van der Waals surface area contributed by atoms with Gasteiger partial charge in [-0.1, -0.05) is 98.9 Å². The fraction of sp³-hybridized carbons (Fsp3) is 0.698. The first-order valence-electron chi connectivity index (χ1n) is 25.7. The number of carboxylic acid groups (broad SMARTS) is 1. The Labute approximate surface area is 430 Å². The van der Waals surface area contributed by atoms with Crippen molar-refractivity contribution in [1.29, 1.82) is 0 Å². The summed E-state index contributed by atoms with van der Waals surface area (Å²) in [5.74, 6) is -6.92. The zero-order valence-electron chi connectivity index (χ0n) is 42.8. The first kappa shape index (κ1) is 63.8. The van der Waals surface area contributed by atoms with Crippen LogP contribution < -0.4 is 11.5 Å². The van der Waals surface area contributed by atoms with Crippen molar-refractivity contribution in [3.8, 4) is 0 Å². The van der Waals surface area contributed by atoms with Gasteiger partial charge in [0, 0.05) is 31.1 Å². The second kappa shape index (κ2) is 32.8. The van der Waals surface area contributed by atoms with Crippen LogP contribution in [0.25, 0.3) is 0 Å². The molecule has 0 aromatic heterocycles. The number of rotatable bonds is 10. The minimum absolute atomic E-state index is 0.145. The third-order valence-electron chi connectivity index (χ3n) is 13.7. The van der Waals surface area contributed by atoms with Crippen LogP contribution in [0, 0.1) is 17.8 Å². The minimum Gasteiger partial charge on any atom is -0.481 e. The maximum atomic E-state index is 12.7. The summed E-state index contributed by atoms with van der Waals surface area (Å²) in [6, 6.07) is -0.869. The summed E-state index contributed by atoms with van der Waals surface area (Å²) in [4.78, 5) is 27.3. The average molecular weight is 1040 g/mol. The number of nitrogens with zero attached hydrogens (tertiary/aromatic N) is 1. The Bertz CT molecular complexity index is 1820. The molecule has 0 amide bonds. The molecule has 4 unspecified atom stereocenters. The molecule has 19 atom stereocenters. The molecule has 0 spiro atoms. The van der Waals surface area contributed by atoms with Crippen LogP contribution >= 0.6 is 0 Å². The Morgan fingerprint density at radius 1 is 0.671 bits per heavy atom. The summed E-state index contributed by atoms with van der Waals surface area (Å²) in [6.45, 7) is 8.43. The lowest BCUT2D eigenvalue weighted by Gasteiger charge is -2.47. The molecule has 73 heavy (non-hydrogen) atoms. The predicted octanol–water partition coefficient (Wildman–Crippen LogP) is 0.753. The molecule has 416 valence electrons. The van der Waals surface area contributed by atoms with Gasteiger partial charge in [-0.2, -0.15) is 0 Å². The minimum atomic E-state index is -2.38. The molecular weight excluding hydrogens is 951 g/mol. The van der Waals surface area contributed by atoms with Crippen molar-refractivity contribution in [1.82, 2.24) is 4.90 Å². The van der Waals surface area contributed by atoms with Gasteiger partial charge < -0.3 is 86.6 Å². The summed E-state index contributed by atoms with van der Waals surface area (Å²) in [6.07, 6.45) is 4.86. The molecule has 3 rings (SSSR count). The topological polar surface area (TPSA) is 349 Å². The van der Waals surface area contributed by atoms with E-state index >= 15 is 0 Å². The monoisotopic (exact) mass is 1040 g/mol. The second-order valence-electron chi connectivity index (χ2n) is 19.8. The molecule has 2 saturated heterocycles. The predicted molar refractivity (Wildman–Crippen MR) is 272 cm³/mol. The normalized spacial score (nSPS) is 41.9. The Morgan fingerprint density at radius 2 is 1.21 bits per heavy atom. The summed E-state index contributed by atoms with van der Waals surface area (Å²) < 4.78 is 23.9. The van der Waals surface area contributed by atoms with Gasteiger partial charge in [0.2, 0.25) is 0 Å². The van der Waals surface area contributed by atoms with E-state index in [2.05, 4.69) is 0 Å². The van der Waals surface area contributed by atoms with Crippen LogP contribution in [0.4, 0.5) is 0 Å². The van der Waals surface area contributed by atoms with Gasteiger partial charge in [0.05, 0.1) is 79.6 Å². The molecule has 0 saturated carbocycles. The third kappa shape index (κ3) is 21.9. The van der Waals surface area contributed by atoms with Crippen molar-refractivity contribution in [2.45, 2.75) is 189 Å². The lowest BCUT2D eigenvalue weighted by Crippen LogP contribution is -2.64. The number of carbonyl (C=O) groups is 2. The van der Waals surface area contributed by atoms with Crippen LogP contribution in [0.1, 0.15) is 91.9 Å². The van der Waals surface area contributed by atoms with Gasteiger partial charge in [0.1, 0.15) is 18.1 Å². The van der Waals surface area contributed by atoms with E-state index < -0.39 is 141 Å². The molecule has 20 heteroatoms. The van der Waals surface area contributed by atoms with E-state index in [0.717, 1.165) is 0 Å². The van der Waals surface area contributed by atoms with Crippen molar-refractivity contribution < 1.29 is 84.7 Å². The summed E-state index contributed by atoms with van der Waals surface area (Å²) in [5.41, 5.74) is 11.6. The SMILES string of the molecule is C[C@@H]1[C@H](O)[C@@H](C)/C=C/C=C/C=C/C=C/C=C/C=C/C=C/[C@H](OC2O[C@H](C)[C@@H](O)[C@H](N(CCCN)CCCN)[C@@H]2O)C[C@@H]2O[C@](O)(C[C@@H](O)[C@H](O)CCC(O)CC(O)CC(O)CC(=O)O[C@H]1C)C[C@H](O)[C@H]2C(=O)O. The highest BCUT2D eigenvalue weighted by atomic mass is 16.7. The molecule has 20 nitrogen and oxygen atoms in total. The maximum absolute atomic E-state index is 12.7. The van der Waals surface area contributed by atoms with E-state index in [9.17, 15) is 65.8 Å². The summed E-state index contributed by atoms with van der Waals surface area (Å²) >= 11 is 0. The Balaban J connectivity index is 1.94. The number of aliphatic hydroxyl groups excluding tert-OH is 9. The zero-order valence-corrected chi connectivity index (χ0v) is 42.8. The molecule has 0 radical (unpaired) electrons. The van der Waals surface area contributed by atoms with Gasteiger partial charge in [0.25, 0.3) is 0 Å². The first-order valence-corrected chi connectivity index (χ1v) is 25.7. The number of carboxylic acids is 1. The van der Waals surface area contributed by atoms with Crippen LogP contribution in [0.5, 0.6) is 0 Å². The molecule has 2 fully saturated rings. The van der Waals surface area contributed by atoms with Gasteiger partial charge in [0.15, 0.2) is 12.1 Å². The van der Waals surface area contributed by atoms with E-state index in [4.69, 9.17) is 30.4 Å². The van der Waals surface area contributed by atoms with Crippen LogP contribution in [0.2, 0.25) is 0 Å². The summed E-state index contributed by atoms with van der Waals surface area (Å²) in [7, 11) is 0. The first-order chi connectivity index (χ1) is 34.6. The number of allylic oxidation sites excluding steroid dienone is 12. The number of fused-ring (bicyclic) bond motifs is 2. The van der Waals surface area contributed by atoms with Gasteiger partial charge in [-0.25, -0.2) is 0 Å². The highest BCUT2D eigenvalue weighted by Gasteiger charge is 2.52. The van der Waals surface area contributed by atoms with Crippen molar-refractivity contribution in [3.05, 3.63) is 85.1 Å². The van der Waals surface area contributed by atoms with Gasteiger partial charge in [-0.3, -0.25) is 14.5 Å². The molecule has 3 heterocycles. The van der Waals surface area contributed by atoms with E-state index in [1.807, 2.05) is 42.2 Å². The van der Waals surface area contributed by atoms with Crippen LogP contribution in [-0.2, 0) is 28.5 Å². The standard InChI is InChI=1S/C53H87N3O17/c1-33-19-15-13-11-9-7-5-6-8-10-12-14-16-20-40(72-52-50(66)47(49(65)36(4)71-52)56(25-17-23-54)26-18-24-55)30-44-46(51(67)68)43(62)32-53(69,73-44)31-42(61)41(60)22-21-37(57)27-38(58)28-39(59)29-45(63)70-35(3)34(2)48(33)64/h5-16,19-20,33-44,46-50,52,57-62,64-66,69H,17-18,21-32,54-55H2,1-4H3,(H,67,68)/b6-5+,9-7+,10-8+,13-11+,14-12+,19-15+,20-16+/t33-,34-,35-,36+,37?,38?,39?,40-,41+,42+,43-,44-,46+,47-,48+,49+,50-,52?,53+/m0/s1. The number of cyclic esters (lactones) is 1. The number of carbonyl (C=O) groups excluding carboxylic acids is 1. The van der Waals surface area contributed by atoms with Gasteiger partial charge in [-0.15, -0.1) is 0 Å². The number of esters is 1. The number of nitrogens with two attached hydrogens (primary N) is 2. The average Bonchev–Trinajstić information content (AvgIpc) is 3.31. The van der Waals surface area contributed by atoms with Crippen molar-refractivity contribution >= 4 is 11.9 Å². The molecule has 0 aromatic carbocycles. The molecule has 3 aliphatic rings. The van der Waals surface area contributed by atoms with Crippen LogP contribution in [-0.4, -0.2) is 197 Å². The summed E-state index contributed by atoms with van der Waals surface area (Å²) in [5, 5.41) is 121. The van der Waals surface area contributed by atoms with Crippen LogP contribution in [0.15, 0.2) is 85.1 Å². The van der Waals surface area contributed by atoms with Gasteiger partial charge in [-0.05, 0) is 78.6 Å². The number of hydrogen-bond acceptors (Lipinski definition) is 19. The molecule has 3 aliphatic heterocycles. The van der Waals surface area contributed by atoms with Crippen molar-refractivity contribution in [3.63, 3.8) is 0 Å². The maximum Gasteiger partial charge on any atom is 0.311 e. The quantitative estimate of drug-likeness (QED) is 0.134. The number of aliphatic hydroxyl groups is 10. The Morgan fingerprint density at radius 3 is 1.77 bits per heavy atom. The lowest BCUT2D eigenvalue weighted by atomic mass is 9.82. The zero-order chi connectivity index (χ0) is 54.3. The molecule has 0 aromatic rings. The highest BCUT2D eigenvalue weighted by Crippen LogP contribution is 2.38. The fourth-order valence-electron chi connectivity index (χ4n) is 9.33. The Hall–Kier alpha value is -3.52. The van der Waals surface area contributed by atoms with E-state index in [0.29, 0.717) is 39.0 Å².